The normalized spacial score (nSPS) is 18.5. The maximum atomic E-state index is 5.24. The number of piperidine rings is 2. The summed E-state index contributed by atoms with van der Waals surface area (Å²) in [5, 5.41) is 0. The molecule has 0 aromatic carbocycles. The average molecular weight is 817 g/mol. The quantitative estimate of drug-likeness (QED) is 0.218. The molecule has 0 aromatic heterocycles. The van der Waals surface area contributed by atoms with Crippen LogP contribution in [0.5, 0.6) is 0 Å². The van der Waals surface area contributed by atoms with Crippen molar-refractivity contribution in [3.63, 3.8) is 0 Å². The summed E-state index contributed by atoms with van der Waals surface area (Å²) in [6, 6.07) is 0. The van der Waals surface area contributed by atoms with Crippen LogP contribution in [0.3, 0.4) is 0 Å². The molecule has 5 fully saturated rings. The Morgan fingerprint density at radius 3 is 0.614 bits per heavy atom. The number of nitrogens with zero attached hydrogens (tertiary/aromatic N) is 5. The Hall–Kier alpha value is -0.240. The molecular weight excluding hydrogens is 699 g/mol. The predicted molar refractivity (Wildman–Crippen MR) is 266 cm³/mol. The third kappa shape index (κ3) is 50.0. The molecule has 0 spiro atoms. The van der Waals surface area contributed by atoms with E-state index in [1.807, 2.05) is 69.2 Å². The molecule has 0 radical (unpaired) electrons. The average Bonchev–Trinajstić information content (AvgIpc) is 3.71. The summed E-state index contributed by atoms with van der Waals surface area (Å²) in [4.78, 5) is 12.7. The van der Waals surface area contributed by atoms with Crippen LogP contribution in [0.25, 0.3) is 0 Å². The zero-order valence-electron chi connectivity index (χ0n) is 43.9. The summed E-state index contributed by atoms with van der Waals surface area (Å²) >= 11 is 0. The van der Waals surface area contributed by atoms with Crippen molar-refractivity contribution in [2.24, 2.45) is 29.6 Å². The van der Waals surface area contributed by atoms with Crippen LogP contribution in [0.15, 0.2) is 0 Å². The van der Waals surface area contributed by atoms with Crippen molar-refractivity contribution in [1.82, 2.24) is 24.5 Å². The van der Waals surface area contributed by atoms with Crippen LogP contribution < -0.4 is 0 Å². The van der Waals surface area contributed by atoms with Crippen molar-refractivity contribution < 1.29 is 4.74 Å². The number of rotatable bonds is 10. The first-order valence-electron chi connectivity index (χ1n) is 25.6. The smallest absolute Gasteiger partial charge is 0.0594 e. The second kappa shape index (κ2) is 51.9. The minimum atomic E-state index is 0.790. The monoisotopic (exact) mass is 816 g/mol. The van der Waals surface area contributed by atoms with E-state index in [1.54, 1.807) is 0 Å². The van der Waals surface area contributed by atoms with Gasteiger partial charge < -0.3 is 24.3 Å². The highest BCUT2D eigenvalue weighted by Gasteiger charge is 2.14. The summed E-state index contributed by atoms with van der Waals surface area (Å²) in [7, 11) is 0. The Morgan fingerprint density at radius 2 is 0.439 bits per heavy atom. The fourth-order valence-electron chi connectivity index (χ4n) is 7.18. The summed E-state index contributed by atoms with van der Waals surface area (Å²) in [5.74, 6) is 4.19. The summed E-state index contributed by atoms with van der Waals surface area (Å²) < 4.78 is 5.24. The Labute approximate surface area is 365 Å². The first-order valence-corrected chi connectivity index (χ1v) is 25.6. The topological polar surface area (TPSA) is 25.4 Å². The van der Waals surface area contributed by atoms with E-state index in [0.717, 1.165) is 55.9 Å². The van der Waals surface area contributed by atoms with Crippen molar-refractivity contribution in [3.05, 3.63) is 0 Å². The fourth-order valence-corrected chi connectivity index (χ4v) is 7.18. The van der Waals surface area contributed by atoms with E-state index >= 15 is 0 Å². The van der Waals surface area contributed by atoms with Gasteiger partial charge in [0.05, 0.1) is 13.2 Å². The molecule has 0 aliphatic carbocycles. The zero-order valence-corrected chi connectivity index (χ0v) is 43.9. The molecular formula is C51H117N5O. The van der Waals surface area contributed by atoms with Gasteiger partial charge in [0, 0.05) is 45.8 Å². The van der Waals surface area contributed by atoms with E-state index in [4.69, 9.17) is 4.74 Å². The molecule has 5 aliphatic heterocycles. The lowest BCUT2D eigenvalue weighted by Crippen LogP contribution is -2.39. The highest BCUT2D eigenvalue weighted by molar-refractivity contribution is 4.69. The molecule has 5 saturated heterocycles. The first-order chi connectivity index (χ1) is 27.4. The first kappa shape index (κ1) is 65.9. The molecule has 5 rings (SSSR count). The number of ether oxygens (including phenoxy) is 1. The molecule has 0 unspecified atom stereocenters. The van der Waals surface area contributed by atoms with Crippen molar-refractivity contribution >= 4 is 0 Å². The van der Waals surface area contributed by atoms with Gasteiger partial charge >= 0.3 is 0 Å². The molecule has 0 amide bonds. The highest BCUT2D eigenvalue weighted by Crippen LogP contribution is 2.12. The largest absolute Gasteiger partial charge is 0.379 e. The molecule has 6 nitrogen and oxygen atoms in total. The Kier molecular flexibility index (Phi) is 60.0. The van der Waals surface area contributed by atoms with E-state index in [2.05, 4.69) is 93.7 Å². The molecule has 0 saturated carbocycles. The number of likely N-dealkylation sites (tertiary alicyclic amines) is 4. The van der Waals surface area contributed by atoms with Gasteiger partial charge in [-0.05, 0) is 127 Å². The van der Waals surface area contributed by atoms with Crippen LogP contribution >= 0.6 is 0 Å². The molecule has 5 heterocycles. The van der Waals surface area contributed by atoms with Crippen molar-refractivity contribution in [1.29, 1.82) is 0 Å². The van der Waals surface area contributed by atoms with Crippen LogP contribution in [0.1, 0.15) is 196 Å². The van der Waals surface area contributed by atoms with Gasteiger partial charge in [-0.2, -0.15) is 0 Å². The van der Waals surface area contributed by atoms with Crippen LogP contribution in [-0.4, -0.2) is 136 Å². The van der Waals surface area contributed by atoms with E-state index in [-0.39, 0.29) is 0 Å². The molecule has 0 bridgehead atoms. The van der Waals surface area contributed by atoms with Gasteiger partial charge in [0.15, 0.2) is 0 Å². The van der Waals surface area contributed by atoms with Gasteiger partial charge in [-0.1, -0.05) is 151 Å². The van der Waals surface area contributed by atoms with E-state index < -0.39 is 0 Å². The summed E-state index contributed by atoms with van der Waals surface area (Å²) in [6.07, 6.45) is 12.9. The molecule has 0 atom stereocenters. The number of hydrogen-bond acceptors (Lipinski definition) is 6. The number of hydrogen-bond donors (Lipinski definition) is 0. The SMILES string of the molecule is CC.CC.CC.CC.CC.CC(C)CN1CCC1.CC(C)CN1CCCC1.CC(C)CN1CCCCC1.CC(C)CN1CCCCC1.CC(C)CN1CCOCC1. The Morgan fingerprint density at radius 1 is 0.263 bits per heavy atom. The van der Waals surface area contributed by atoms with Gasteiger partial charge in [0.1, 0.15) is 0 Å². The van der Waals surface area contributed by atoms with Crippen molar-refractivity contribution in [3.8, 4) is 0 Å². The van der Waals surface area contributed by atoms with Gasteiger partial charge in [0.2, 0.25) is 0 Å². The van der Waals surface area contributed by atoms with E-state index in [9.17, 15) is 0 Å². The molecule has 5 aliphatic rings. The molecule has 0 aromatic rings. The molecule has 6 heteroatoms. The number of morpholine rings is 1. The second-order valence-electron chi connectivity index (χ2n) is 17.3. The van der Waals surface area contributed by atoms with Crippen molar-refractivity contribution in [2.75, 3.05) is 111 Å². The van der Waals surface area contributed by atoms with Gasteiger partial charge in [-0.15, -0.1) is 0 Å². The lowest BCUT2D eigenvalue weighted by Gasteiger charge is -2.31. The summed E-state index contributed by atoms with van der Waals surface area (Å²) in [6.45, 7) is 64.2. The third-order valence-corrected chi connectivity index (χ3v) is 9.27. The standard InChI is InChI=1S/2C9H19N.C8H17NO.C8H17N.C7H15N.5C2H6/c2*1-9(2)8-10-6-4-3-5-7-10;1-8(2)7-9-3-5-10-6-4-9;1-8(2)7-9-5-3-4-6-9;1-7(2)6-8-4-3-5-8;5*1-2/h2*9H,3-8H2,1-2H3;8H,3-7H2,1-2H3;8H,3-7H2,1-2H3;7H,3-6H2,1-2H3;5*1-2H3. The highest BCUT2D eigenvalue weighted by atomic mass is 16.5. The second-order valence-corrected chi connectivity index (χ2v) is 17.3. The minimum absolute atomic E-state index is 0.790. The molecule has 352 valence electrons. The van der Waals surface area contributed by atoms with Gasteiger partial charge in [-0.3, -0.25) is 4.90 Å². The maximum absolute atomic E-state index is 5.24. The van der Waals surface area contributed by atoms with E-state index in [0.29, 0.717) is 0 Å². The molecule has 0 N–H and O–H groups in total. The van der Waals surface area contributed by atoms with Crippen molar-refractivity contribution in [2.45, 2.75) is 196 Å². The third-order valence-electron chi connectivity index (χ3n) is 9.27. The van der Waals surface area contributed by atoms with Crippen LogP contribution in [0.4, 0.5) is 0 Å². The fraction of sp³-hybridized carbons (Fsp3) is 1.00. The van der Waals surface area contributed by atoms with E-state index in [1.165, 1.54) is 143 Å². The summed E-state index contributed by atoms with van der Waals surface area (Å²) in [5.41, 5.74) is 0. The lowest BCUT2D eigenvalue weighted by atomic mass is 10.1. The minimum Gasteiger partial charge on any atom is -0.379 e. The Bertz CT molecular complexity index is 601. The maximum Gasteiger partial charge on any atom is 0.0594 e. The molecule has 57 heavy (non-hydrogen) atoms. The zero-order chi connectivity index (χ0) is 44.9. The lowest BCUT2D eigenvalue weighted by molar-refractivity contribution is 0.0329. The Balaban J connectivity index is -0.000000187. The van der Waals surface area contributed by atoms with Crippen LogP contribution in [0.2, 0.25) is 0 Å². The van der Waals surface area contributed by atoms with Crippen LogP contribution in [-0.2, 0) is 4.74 Å². The van der Waals surface area contributed by atoms with Crippen LogP contribution in [0, 0.1) is 29.6 Å². The predicted octanol–water partition coefficient (Wildman–Crippen LogP) is 13.4. The van der Waals surface area contributed by atoms with Gasteiger partial charge in [-0.25, -0.2) is 0 Å². The van der Waals surface area contributed by atoms with Gasteiger partial charge in [0.25, 0.3) is 0 Å².